The minimum atomic E-state index is 0.0874. The van der Waals surface area contributed by atoms with E-state index in [4.69, 9.17) is 0 Å². The van der Waals surface area contributed by atoms with E-state index in [-0.39, 0.29) is 6.61 Å². The van der Waals surface area contributed by atoms with E-state index in [0.29, 0.717) is 18.2 Å². The van der Waals surface area contributed by atoms with E-state index in [9.17, 15) is 10.4 Å². The van der Waals surface area contributed by atoms with E-state index in [2.05, 4.69) is 32.2 Å². The number of rotatable bonds is 5. The van der Waals surface area contributed by atoms with E-state index in [0.717, 1.165) is 29.7 Å². The van der Waals surface area contributed by atoms with Gasteiger partial charge in [-0.05, 0) is 47.4 Å². The summed E-state index contributed by atoms with van der Waals surface area (Å²) in [5.74, 6) is 0. The molecule has 2 N–H and O–H groups in total. The number of aliphatic hydroxyl groups is 1. The van der Waals surface area contributed by atoms with Crippen molar-refractivity contribution in [3.8, 4) is 6.07 Å². The largest absolute Gasteiger partial charge is 0.395 e. The van der Waals surface area contributed by atoms with E-state index in [1.54, 1.807) is 0 Å². The van der Waals surface area contributed by atoms with Crippen molar-refractivity contribution in [2.24, 2.45) is 0 Å². The Morgan fingerprint density at radius 1 is 1.53 bits per heavy atom. The highest BCUT2D eigenvalue weighted by atomic mass is 79.9. The van der Waals surface area contributed by atoms with Gasteiger partial charge in [-0.25, -0.2) is 0 Å². The standard InChI is InChI=1S/C14H18BrN3O/c15-13-4-1-5-14(12(13)9-16)18(7-8-19)10-11-3-2-6-17-11/h1,4-5,11,17,19H,2-3,6-8,10H2. The molecule has 0 aliphatic carbocycles. The van der Waals surface area contributed by atoms with Crippen molar-refractivity contribution in [1.82, 2.24) is 5.32 Å². The van der Waals surface area contributed by atoms with Crippen molar-refractivity contribution in [2.75, 3.05) is 31.1 Å². The molecule has 102 valence electrons. The van der Waals surface area contributed by atoms with Gasteiger partial charge in [0, 0.05) is 23.6 Å². The number of nitriles is 1. The molecular formula is C14H18BrN3O. The second kappa shape index (κ2) is 6.90. The summed E-state index contributed by atoms with van der Waals surface area (Å²) in [6.07, 6.45) is 2.35. The Labute approximate surface area is 122 Å². The molecule has 1 aromatic carbocycles. The second-order valence-electron chi connectivity index (χ2n) is 4.71. The molecule has 0 aromatic heterocycles. The Kier molecular flexibility index (Phi) is 5.20. The fraction of sp³-hybridized carbons (Fsp3) is 0.500. The average molecular weight is 324 g/mol. The van der Waals surface area contributed by atoms with Crippen LogP contribution in [0.3, 0.4) is 0 Å². The molecule has 0 radical (unpaired) electrons. The van der Waals surface area contributed by atoms with E-state index in [1.165, 1.54) is 6.42 Å². The van der Waals surface area contributed by atoms with Gasteiger partial charge in [-0.2, -0.15) is 5.26 Å². The van der Waals surface area contributed by atoms with Crippen LogP contribution < -0.4 is 10.2 Å². The number of hydrogen-bond donors (Lipinski definition) is 2. The highest BCUT2D eigenvalue weighted by molar-refractivity contribution is 9.10. The molecule has 1 saturated heterocycles. The number of anilines is 1. The van der Waals surface area contributed by atoms with Crippen molar-refractivity contribution < 1.29 is 5.11 Å². The summed E-state index contributed by atoms with van der Waals surface area (Å²) in [6, 6.07) is 8.41. The molecule has 1 aliphatic heterocycles. The summed E-state index contributed by atoms with van der Waals surface area (Å²) in [7, 11) is 0. The molecule has 1 aliphatic rings. The Morgan fingerprint density at radius 2 is 2.37 bits per heavy atom. The molecule has 1 atom stereocenters. The molecule has 1 fully saturated rings. The van der Waals surface area contributed by atoms with Gasteiger partial charge in [0.1, 0.15) is 6.07 Å². The van der Waals surface area contributed by atoms with Gasteiger partial charge in [0.25, 0.3) is 0 Å². The average Bonchev–Trinajstić information content (AvgIpc) is 2.91. The Balaban J connectivity index is 2.22. The molecule has 1 unspecified atom stereocenters. The minimum Gasteiger partial charge on any atom is -0.395 e. The van der Waals surface area contributed by atoms with Crippen LogP contribution in [-0.4, -0.2) is 37.4 Å². The fourth-order valence-electron chi connectivity index (χ4n) is 2.50. The summed E-state index contributed by atoms with van der Waals surface area (Å²) >= 11 is 3.41. The molecule has 0 amide bonds. The van der Waals surface area contributed by atoms with Gasteiger partial charge in [-0.15, -0.1) is 0 Å². The lowest BCUT2D eigenvalue weighted by Gasteiger charge is -2.28. The maximum absolute atomic E-state index is 9.29. The van der Waals surface area contributed by atoms with Crippen LogP contribution in [-0.2, 0) is 0 Å². The molecule has 0 spiro atoms. The first-order valence-corrected chi connectivity index (χ1v) is 7.33. The molecular weight excluding hydrogens is 306 g/mol. The predicted molar refractivity (Wildman–Crippen MR) is 79.2 cm³/mol. The van der Waals surface area contributed by atoms with Gasteiger partial charge in [-0.3, -0.25) is 0 Å². The molecule has 1 aromatic rings. The van der Waals surface area contributed by atoms with Crippen LogP contribution in [0.5, 0.6) is 0 Å². The van der Waals surface area contributed by atoms with Gasteiger partial charge < -0.3 is 15.3 Å². The number of nitrogens with zero attached hydrogens (tertiary/aromatic N) is 2. The lowest BCUT2D eigenvalue weighted by Crippen LogP contribution is -2.39. The van der Waals surface area contributed by atoms with Crippen LogP contribution in [0.25, 0.3) is 0 Å². The van der Waals surface area contributed by atoms with E-state index < -0.39 is 0 Å². The SMILES string of the molecule is N#Cc1c(Br)cccc1N(CCO)CC1CCCN1. The van der Waals surface area contributed by atoms with Crippen LogP contribution in [0.15, 0.2) is 22.7 Å². The summed E-state index contributed by atoms with van der Waals surface area (Å²) in [6.45, 7) is 2.51. The predicted octanol–water partition coefficient (Wildman–Crippen LogP) is 1.87. The number of aliphatic hydroxyl groups excluding tert-OH is 1. The zero-order chi connectivity index (χ0) is 13.7. The zero-order valence-electron chi connectivity index (χ0n) is 10.8. The molecule has 19 heavy (non-hydrogen) atoms. The lowest BCUT2D eigenvalue weighted by molar-refractivity contribution is 0.300. The number of halogens is 1. The molecule has 5 heteroatoms. The van der Waals surface area contributed by atoms with Crippen molar-refractivity contribution in [3.63, 3.8) is 0 Å². The van der Waals surface area contributed by atoms with E-state index >= 15 is 0 Å². The maximum atomic E-state index is 9.29. The topological polar surface area (TPSA) is 59.3 Å². The monoisotopic (exact) mass is 323 g/mol. The zero-order valence-corrected chi connectivity index (χ0v) is 12.4. The number of benzene rings is 1. The quantitative estimate of drug-likeness (QED) is 0.868. The number of hydrogen-bond acceptors (Lipinski definition) is 4. The lowest BCUT2D eigenvalue weighted by atomic mass is 10.1. The van der Waals surface area contributed by atoms with Gasteiger partial charge in [0.2, 0.25) is 0 Å². The van der Waals surface area contributed by atoms with Crippen molar-refractivity contribution >= 4 is 21.6 Å². The maximum Gasteiger partial charge on any atom is 0.103 e. The van der Waals surface area contributed by atoms with Crippen LogP contribution in [0.4, 0.5) is 5.69 Å². The second-order valence-corrected chi connectivity index (χ2v) is 5.56. The van der Waals surface area contributed by atoms with Crippen molar-refractivity contribution in [3.05, 3.63) is 28.2 Å². The summed E-state index contributed by atoms with van der Waals surface area (Å²) in [5, 5.41) is 22.0. The van der Waals surface area contributed by atoms with Crippen LogP contribution >= 0.6 is 15.9 Å². The Bertz CT molecular complexity index is 466. The summed E-state index contributed by atoms with van der Waals surface area (Å²) in [5.41, 5.74) is 1.52. The first-order chi connectivity index (χ1) is 9.26. The van der Waals surface area contributed by atoms with Gasteiger partial charge >= 0.3 is 0 Å². The van der Waals surface area contributed by atoms with Crippen LogP contribution in [0, 0.1) is 11.3 Å². The summed E-state index contributed by atoms with van der Waals surface area (Å²) < 4.78 is 0.801. The normalized spacial score (nSPS) is 18.3. The van der Waals surface area contributed by atoms with Gasteiger partial charge in [-0.1, -0.05) is 6.07 Å². The minimum absolute atomic E-state index is 0.0874. The highest BCUT2D eigenvalue weighted by Gasteiger charge is 2.20. The van der Waals surface area contributed by atoms with E-state index in [1.807, 2.05) is 18.2 Å². The smallest absolute Gasteiger partial charge is 0.103 e. The highest BCUT2D eigenvalue weighted by Crippen LogP contribution is 2.27. The third kappa shape index (κ3) is 3.47. The van der Waals surface area contributed by atoms with Crippen LogP contribution in [0.1, 0.15) is 18.4 Å². The van der Waals surface area contributed by atoms with Crippen molar-refractivity contribution in [1.29, 1.82) is 5.26 Å². The Morgan fingerprint density at radius 3 is 3.00 bits per heavy atom. The molecule has 0 saturated carbocycles. The molecule has 1 heterocycles. The molecule has 4 nitrogen and oxygen atoms in total. The first-order valence-electron chi connectivity index (χ1n) is 6.54. The molecule has 0 bridgehead atoms. The van der Waals surface area contributed by atoms with Crippen LogP contribution in [0.2, 0.25) is 0 Å². The first kappa shape index (κ1) is 14.3. The third-order valence-corrected chi connectivity index (χ3v) is 4.08. The van der Waals surface area contributed by atoms with Gasteiger partial charge in [0.15, 0.2) is 0 Å². The number of nitrogens with one attached hydrogen (secondary N) is 1. The Hall–Kier alpha value is -1.09. The molecule has 2 rings (SSSR count). The summed E-state index contributed by atoms with van der Waals surface area (Å²) in [4.78, 5) is 2.09. The van der Waals surface area contributed by atoms with Crippen molar-refractivity contribution in [2.45, 2.75) is 18.9 Å². The fourth-order valence-corrected chi connectivity index (χ4v) is 2.94. The third-order valence-electron chi connectivity index (χ3n) is 3.42. The van der Waals surface area contributed by atoms with Gasteiger partial charge in [0.05, 0.1) is 17.9 Å².